The normalized spacial score (nSPS) is 22.4. The topological polar surface area (TPSA) is 32.7 Å². The van der Waals surface area contributed by atoms with Gasteiger partial charge in [-0.1, -0.05) is 37.1 Å². The number of benzene rings is 1. The van der Waals surface area contributed by atoms with Crippen molar-refractivity contribution in [3.8, 4) is 0 Å². The lowest BCUT2D eigenvalue weighted by Gasteiger charge is -2.34. The highest BCUT2D eigenvalue weighted by Crippen LogP contribution is 2.19. The first-order valence-electron chi connectivity index (χ1n) is 6.96. The molecule has 0 saturated carbocycles. The van der Waals surface area contributed by atoms with Crippen LogP contribution in [0.25, 0.3) is 0 Å². The van der Waals surface area contributed by atoms with Crippen LogP contribution >= 0.6 is 11.6 Å². The number of aliphatic hydroxyl groups excluding tert-OH is 1. The van der Waals surface area contributed by atoms with Crippen LogP contribution in [0.4, 0.5) is 0 Å². The zero-order valence-electron chi connectivity index (χ0n) is 11.4. The fourth-order valence-corrected chi connectivity index (χ4v) is 2.60. The van der Waals surface area contributed by atoms with E-state index in [4.69, 9.17) is 16.3 Å². The van der Waals surface area contributed by atoms with Crippen molar-refractivity contribution in [3.63, 3.8) is 0 Å². The number of rotatable bonds is 5. The standard InChI is InChI=1S/C15H22ClNO2/c1-2-3-14-10-17(8-9-19-14)11-15(18)12-4-6-13(16)7-5-12/h4-7,14-15,18H,2-3,8-11H2,1H3. The van der Waals surface area contributed by atoms with E-state index >= 15 is 0 Å². The van der Waals surface area contributed by atoms with Gasteiger partial charge in [-0.2, -0.15) is 0 Å². The van der Waals surface area contributed by atoms with Crippen molar-refractivity contribution in [2.75, 3.05) is 26.2 Å². The maximum Gasteiger partial charge on any atom is 0.0916 e. The highest BCUT2D eigenvalue weighted by atomic mass is 35.5. The molecular formula is C15H22ClNO2. The molecule has 1 saturated heterocycles. The predicted octanol–water partition coefficient (Wildman–Crippen LogP) is 2.87. The monoisotopic (exact) mass is 283 g/mol. The summed E-state index contributed by atoms with van der Waals surface area (Å²) in [5.74, 6) is 0. The summed E-state index contributed by atoms with van der Waals surface area (Å²) in [6.45, 7) is 5.40. The Balaban J connectivity index is 1.87. The van der Waals surface area contributed by atoms with Gasteiger partial charge in [0.25, 0.3) is 0 Å². The van der Waals surface area contributed by atoms with Crippen LogP contribution in [0.1, 0.15) is 31.4 Å². The minimum atomic E-state index is -0.461. The van der Waals surface area contributed by atoms with Gasteiger partial charge in [0, 0.05) is 24.7 Å². The van der Waals surface area contributed by atoms with E-state index in [9.17, 15) is 5.11 Å². The molecule has 0 spiro atoms. The smallest absolute Gasteiger partial charge is 0.0916 e. The second kappa shape index (κ2) is 7.25. The third-order valence-electron chi connectivity index (χ3n) is 3.52. The highest BCUT2D eigenvalue weighted by Gasteiger charge is 2.22. The van der Waals surface area contributed by atoms with Gasteiger partial charge in [0.05, 0.1) is 18.8 Å². The first-order chi connectivity index (χ1) is 9.19. The first kappa shape index (κ1) is 14.8. The maximum atomic E-state index is 10.3. The van der Waals surface area contributed by atoms with Gasteiger partial charge in [-0.05, 0) is 24.1 Å². The third kappa shape index (κ3) is 4.46. The van der Waals surface area contributed by atoms with Gasteiger partial charge in [-0.25, -0.2) is 0 Å². The number of hydrogen-bond donors (Lipinski definition) is 1. The molecule has 3 nitrogen and oxygen atoms in total. The summed E-state index contributed by atoms with van der Waals surface area (Å²) in [4.78, 5) is 2.28. The van der Waals surface area contributed by atoms with Crippen molar-refractivity contribution in [2.24, 2.45) is 0 Å². The molecule has 2 rings (SSSR count). The maximum absolute atomic E-state index is 10.3. The summed E-state index contributed by atoms with van der Waals surface area (Å²) >= 11 is 5.85. The fourth-order valence-electron chi connectivity index (χ4n) is 2.48. The number of aliphatic hydroxyl groups is 1. The van der Waals surface area contributed by atoms with Crippen LogP contribution in [0.3, 0.4) is 0 Å². The summed E-state index contributed by atoms with van der Waals surface area (Å²) in [5.41, 5.74) is 0.919. The molecule has 1 aliphatic heterocycles. The van der Waals surface area contributed by atoms with Crippen LogP contribution < -0.4 is 0 Å². The van der Waals surface area contributed by atoms with Crippen LogP contribution in [0.5, 0.6) is 0 Å². The van der Waals surface area contributed by atoms with Crippen molar-refractivity contribution in [1.82, 2.24) is 4.90 Å². The van der Waals surface area contributed by atoms with E-state index in [1.807, 2.05) is 24.3 Å². The second-order valence-corrected chi connectivity index (χ2v) is 5.54. The molecule has 2 atom stereocenters. The van der Waals surface area contributed by atoms with E-state index in [2.05, 4.69) is 11.8 Å². The molecule has 0 aliphatic carbocycles. The first-order valence-corrected chi connectivity index (χ1v) is 7.34. The summed E-state index contributed by atoms with van der Waals surface area (Å²) < 4.78 is 5.71. The predicted molar refractivity (Wildman–Crippen MR) is 77.5 cm³/mol. The van der Waals surface area contributed by atoms with Crippen molar-refractivity contribution in [3.05, 3.63) is 34.9 Å². The Hall–Kier alpha value is -0.610. The van der Waals surface area contributed by atoms with Crippen LogP contribution in [0.15, 0.2) is 24.3 Å². The molecule has 1 aliphatic rings. The zero-order chi connectivity index (χ0) is 13.7. The lowest BCUT2D eigenvalue weighted by atomic mass is 10.1. The van der Waals surface area contributed by atoms with Gasteiger partial charge in [0.15, 0.2) is 0 Å². The van der Waals surface area contributed by atoms with Crippen molar-refractivity contribution < 1.29 is 9.84 Å². The molecule has 0 amide bonds. The minimum Gasteiger partial charge on any atom is -0.387 e. The molecule has 1 fully saturated rings. The number of hydrogen-bond acceptors (Lipinski definition) is 3. The zero-order valence-corrected chi connectivity index (χ0v) is 12.1. The van der Waals surface area contributed by atoms with E-state index in [1.54, 1.807) is 0 Å². The Labute approximate surface area is 120 Å². The molecule has 4 heteroatoms. The quantitative estimate of drug-likeness (QED) is 0.902. The molecule has 0 aromatic heterocycles. The van der Waals surface area contributed by atoms with Crippen LogP contribution in [0.2, 0.25) is 5.02 Å². The Kier molecular flexibility index (Phi) is 5.64. The average Bonchev–Trinajstić information content (AvgIpc) is 2.40. The molecule has 1 heterocycles. The number of ether oxygens (including phenoxy) is 1. The molecule has 2 unspecified atom stereocenters. The van der Waals surface area contributed by atoms with Gasteiger partial charge < -0.3 is 9.84 Å². The fraction of sp³-hybridized carbons (Fsp3) is 0.600. The SMILES string of the molecule is CCCC1CN(CC(O)c2ccc(Cl)cc2)CCO1. The van der Waals surface area contributed by atoms with Gasteiger partial charge >= 0.3 is 0 Å². The van der Waals surface area contributed by atoms with Crippen LogP contribution in [0, 0.1) is 0 Å². The number of halogens is 1. The Morgan fingerprint density at radius 3 is 2.84 bits per heavy atom. The Bertz CT molecular complexity index is 380. The molecule has 1 N–H and O–H groups in total. The van der Waals surface area contributed by atoms with Crippen LogP contribution in [-0.2, 0) is 4.74 Å². The van der Waals surface area contributed by atoms with Crippen molar-refractivity contribution in [1.29, 1.82) is 0 Å². The Morgan fingerprint density at radius 2 is 2.16 bits per heavy atom. The Morgan fingerprint density at radius 1 is 1.42 bits per heavy atom. The molecule has 1 aromatic rings. The summed E-state index contributed by atoms with van der Waals surface area (Å²) in [6.07, 6.45) is 2.08. The highest BCUT2D eigenvalue weighted by molar-refractivity contribution is 6.30. The van der Waals surface area contributed by atoms with Gasteiger partial charge in [0.1, 0.15) is 0 Å². The summed E-state index contributed by atoms with van der Waals surface area (Å²) in [5, 5.41) is 11.0. The van der Waals surface area contributed by atoms with E-state index in [0.717, 1.165) is 38.1 Å². The number of β-amino-alcohol motifs (C(OH)–C–C–N with tert-alkyl or cyclic N) is 1. The summed E-state index contributed by atoms with van der Waals surface area (Å²) in [6, 6.07) is 7.41. The largest absolute Gasteiger partial charge is 0.387 e. The molecule has 106 valence electrons. The van der Waals surface area contributed by atoms with Crippen molar-refractivity contribution >= 4 is 11.6 Å². The molecule has 1 aromatic carbocycles. The average molecular weight is 284 g/mol. The van der Waals surface area contributed by atoms with E-state index in [0.29, 0.717) is 17.7 Å². The number of morpholine rings is 1. The van der Waals surface area contributed by atoms with E-state index in [1.165, 1.54) is 0 Å². The summed E-state index contributed by atoms with van der Waals surface area (Å²) in [7, 11) is 0. The molecule has 0 bridgehead atoms. The minimum absolute atomic E-state index is 0.316. The molecule has 0 radical (unpaired) electrons. The number of nitrogens with zero attached hydrogens (tertiary/aromatic N) is 1. The lowest BCUT2D eigenvalue weighted by molar-refractivity contribution is -0.0440. The van der Waals surface area contributed by atoms with Crippen molar-refractivity contribution in [2.45, 2.75) is 32.0 Å². The van der Waals surface area contributed by atoms with Gasteiger partial charge in [0.2, 0.25) is 0 Å². The van der Waals surface area contributed by atoms with Gasteiger partial charge in [-0.15, -0.1) is 0 Å². The third-order valence-corrected chi connectivity index (χ3v) is 3.77. The van der Waals surface area contributed by atoms with E-state index < -0.39 is 6.10 Å². The van der Waals surface area contributed by atoms with E-state index in [-0.39, 0.29) is 0 Å². The molecule has 19 heavy (non-hydrogen) atoms. The van der Waals surface area contributed by atoms with Gasteiger partial charge in [-0.3, -0.25) is 4.90 Å². The lowest BCUT2D eigenvalue weighted by Crippen LogP contribution is -2.44. The van der Waals surface area contributed by atoms with Crippen LogP contribution in [-0.4, -0.2) is 42.4 Å². The second-order valence-electron chi connectivity index (χ2n) is 5.11. The molecular weight excluding hydrogens is 262 g/mol.